The highest BCUT2D eigenvalue weighted by Crippen LogP contribution is 2.41. The zero-order valence-electron chi connectivity index (χ0n) is 20.8. The van der Waals surface area contributed by atoms with E-state index in [2.05, 4.69) is 55.3 Å². The summed E-state index contributed by atoms with van der Waals surface area (Å²) in [5, 5.41) is 2.24. The van der Waals surface area contributed by atoms with Gasteiger partial charge in [0, 0.05) is 19.1 Å². The van der Waals surface area contributed by atoms with E-state index in [0.717, 1.165) is 53.5 Å². The Bertz CT molecular complexity index is 1150. The number of methoxy groups -OCH3 is 3. The van der Waals surface area contributed by atoms with Gasteiger partial charge in [0.05, 0.1) is 27.8 Å². The number of hydrogen-bond acceptors (Lipinski definition) is 5. The quantitative estimate of drug-likeness (QED) is 0.489. The first-order valence-electron chi connectivity index (χ1n) is 11.8. The third-order valence-electron chi connectivity index (χ3n) is 6.90. The number of likely N-dealkylation sites (tertiary alicyclic amines) is 1. The van der Waals surface area contributed by atoms with Gasteiger partial charge in [-0.2, -0.15) is 0 Å². The highest BCUT2D eigenvalue weighted by molar-refractivity contribution is 5.89. The van der Waals surface area contributed by atoms with Gasteiger partial charge in [0.2, 0.25) is 11.7 Å². The van der Waals surface area contributed by atoms with Crippen LogP contribution in [0.25, 0.3) is 21.9 Å². The van der Waals surface area contributed by atoms with Gasteiger partial charge in [0.25, 0.3) is 0 Å². The minimum Gasteiger partial charge on any atom is -0.493 e. The van der Waals surface area contributed by atoms with E-state index < -0.39 is 0 Å². The lowest BCUT2D eigenvalue weighted by Gasteiger charge is -2.23. The van der Waals surface area contributed by atoms with Gasteiger partial charge in [-0.05, 0) is 65.7 Å². The maximum Gasteiger partial charge on any atom is 0.227 e. The number of nitrogens with zero attached hydrogens (tertiary/aromatic N) is 2. The van der Waals surface area contributed by atoms with Gasteiger partial charge < -0.3 is 24.0 Å². The first-order chi connectivity index (χ1) is 16.5. The molecule has 3 aromatic rings. The highest BCUT2D eigenvalue weighted by atomic mass is 16.5. The summed E-state index contributed by atoms with van der Waals surface area (Å²) in [6.45, 7) is 4.84. The van der Waals surface area contributed by atoms with E-state index in [0.29, 0.717) is 29.7 Å². The van der Waals surface area contributed by atoms with Crippen molar-refractivity contribution in [3.05, 3.63) is 54.1 Å². The molecule has 3 aromatic carbocycles. The summed E-state index contributed by atoms with van der Waals surface area (Å²) in [5.41, 5.74) is 3.08. The molecular weight excluding hydrogens is 428 g/mol. The van der Waals surface area contributed by atoms with E-state index in [1.807, 2.05) is 17.0 Å². The van der Waals surface area contributed by atoms with Crippen molar-refractivity contribution in [3.63, 3.8) is 0 Å². The molecule has 1 saturated heterocycles. The zero-order valence-corrected chi connectivity index (χ0v) is 20.8. The van der Waals surface area contributed by atoms with E-state index in [1.165, 1.54) is 0 Å². The van der Waals surface area contributed by atoms with Crippen molar-refractivity contribution >= 4 is 16.7 Å². The van der Waals surface area contributed by atoms with Gasteiger partial charge >= 0.3 is 0 Å². The molecule has 180 valence electrons. The highest BCUT2D eigenvalue weighted by Gasteiger charge is 2.28. The molecule has 1 aliphatic heterocycles. The summed E-state index contributed by atoms with van der Waals surface area (Å²) >= 11 is 0. The number of hydrogen-bond donors (Lipinski definition) is 0. The van der Waals surface area contributed by atoms with Crippen LogP contribution in [0.4, 0.5) is 0 Å². The van der Waals surface area contributed by atoms with Gasteiger partial charge in [-0.3, -0.25) is 4.79 Å². The summed E-state index contributed by atoms with van der Waals surface area (Å²) < 4.78 is 16.5. The number of carbonyl (C=O) groups is 1. The monoisotopic (exact) mass is 462 g/mol. The van der Waals surface area contributed by atoms with Crippen LogP contribution in [0.3, 0.4) is 0 Å². The van der Waals surface area contributed by atoms with Gasteiger partial charge in [0.15, 0.2) is 11.5 Å². The van der Waals surface area contributed by atoms with Crippen molar-refractivity contribution in [3.8, 4) is 28.4 Å². The van der Waals surface area contributed by atoms with Crippen molar-refractivity contribution in [2.75, 3.05) is 48.0 Å². The first kappa shape index (κ1) is 23.9. The van der Waals surface area contributed by atoms with Crippen molar-refractivity contribution in [1.82, 2.24) is 9.80 Å². The lowest BCUT2D eigenvalue weighted by molar-refractivity contribution is -0.129. The molecule has 0 radical (unpaired) electrons. The van der Waals surface area contributed by atoms with Crippen LogP contribution in [0.15, 0.2) is 48.5 Å². The first-order valence-corrected chi connectivity index (χ1v) is 11.8. The topological polar surface area (TPSA) is 51.2 Å². The number of fused-ring (bicyclic) bond motifs is 1. The molecule has 6 heteroatoms. The Labute approximate surface area is 202 Å². The van der Waals surface area contributed by atoms with Gasteiger partial charge in [0.1, 0.15) is 0 Å². The molecule has 4 rings (SSSR count). The summed E-state index contributed by atoms with van der Waals surface area (Å²) in [7, 11) is 6.97. The van der Waals surface area contributed by atoms with Crippen molar-refractivity contribution in [2.24, 2.45) is 0 Å². The average molecular weight is 463 g/mol. The molecule has 1 unspecified atom stereocenters. The lowest BCUT2D eigenvalue weighted by Crippen LogP contribution is -2.36. The summed E-state index contributed by atoms with van der Waals surface area (Å²) in [4.78, 5) is 17.2. The van der Waals surface area contributed by atoms with Crippen LogP contribution in [0, 0.1) is 0 Å². The van der Waals surface area contributed by atoms with Gasteiger partial charge in [-0.1, -0.05) is 37.3 Å². The Morgan fingerprint density at radius 2 is 1.62 bits per heavy atom. The third kappa shape index (κ3) is 4.82. The minimum absolute atomic E-state index is 0.209. The molecule has 0 aliphatic carbocycles. The second-order valence-electron chi connectivity index (χ2n) is 8.84. The largest absolute Gasteiger partial charge is 0.493 e. The SMILES string of the molecule is CCN(C)C1CCN(C(=O)Cc2ccc3cc(-c4cc(OC)c(OC)c(OC)c4)ccc3c2)C1. The molecule has 6 nitrogen and oxygen atoms in total. The van der Waals surface area contributed by atoms with Gasteiger partial charge in [-0.15, -0.1) is 0 Å². The minimum atomic E-state index is 0.209. The maximum atomic E-state index is 12.9. The molecule has 1 aliphatic rings. The van der Waals surface area contributed by atoms with E-state index in [9.17, 15) is 4.79 Å². The summed E-state index contributed by atoms with van der Waals surface area (Å²) in [6, 6.07) is 17.0. The van der Waals surface area contributed by atoms with Crippen LogP contribution < -0.4 is 14.2 Å². The van der Waals surface area contributed by atoms with Crippen LogP contribution in [-0.4, -0.2) is 69.8 Å². The summed E-state index contributed by atoms with van der Waals surface area (Å²) in [5.74, 6) is 2.04. The number of ether oxygens (including phenoxy) is 3. The normalized spacial score (nSPS) is 15.7. The predicted octanol–water partition coefficient (Wildman–Crippen LogP) is 4.63. The molecule has 0 aromatic heterocycles. The fraction of sp³-hybridized carbons (Fsp3) is 0.393. The molecule has 0 spiro atoms. The Kier molecular flexibility index (Phi) is 7.27. The Balaban J connectivity index is 1.53. The second kappa shape index (κ2) is 10.3. The van der Waals surface area contributed by atoms with Crippen LogP contribution in [-0.2, 0) is 11.2 Å². The number of likely N-dealkylation sites (N-methyl/N-ethyl adjacent to an activating group) is 1. The number of amides is 1. The zero-order chi connectivity index (χ0) is 24.2. The molecular formula is C28H34N2O4. The molecule has 1 fully saturated rings. The van der Waals surface area contributed by atoms with Crippen molar-refractivity contribution in [1.29, 1.82) is 0 Å². The Morgan fingerprint density at radius 1 is 0.941 bits per heavy atom. The average Bonchev–Trinajstić information content (AvgIpc) is 3.37. The van der Waals surface area contributed by atoms with E-state index >= 15 is 0 Å². The molecule has 34 heavy (non-hydrogen) atoms. The molecule has 0 N–H and O–H groups in total. The van der Waals surface area contributed by atoms with Crippen molar-refractivity contribution in [2.45, 2.75) is 25.8 Å². The Morgan fingerprint density at radius 3 is 2.26 bits per heavy atom. The second-order valence-corrected chi connectivity index (χ2v) is 8.84. The summed E-state index contributed by atoms with van der Waals surface area (Å²) in [6.07, 6.45) is 1.49. The molecule has 1 amide bonds. The van der Waals surface area contributed by atoms with Crippen molar-refractivity contribution < 1.29 is 19.0 Å². The fourth-order valence-corrected chi connectivity index (χ4v) is 4.71. The van der Waals surface area contributed by atoms with Crippen LogP contribution in [0.1, 0.15) is 18.9 Å². The van der Waals surface area contributed by atoms with Crippen LogP contribution in [0.2, 0.25) is 0 Å². The van der Waals surface area contributed by atoms with Gasteiger partial charge in [-0.25, -0.2) is 0 Å². The lowest BCUT2D eigenvalue weighted by atomic mass is 9.98. The molecule has 0 saturated carbocycles. The van der Waals surface area contributed by atoms with Crippen LogP contribution >= 0.6 is 0 Å². The number of carbonyl (C=O) groups excluding carboxylic acids is 1. The molecule has 1 atom stereocenters. The van der Waals surface area contributed by atoms with E-state index in [-0.39, 0.29) is 5.91 Å². The standard InChI is InChI=1S/C28H34N2O4/c1-6-29(2)24-11-12-30(18-24)27(31)14-19-7-8-21-15-22(10-9-20(21)13-19)23-16-25(32-3)28(34-5)26(17-23)33-4/h7-10,13,15-17,24H,6,11-12,14,18H2,1-5H3. The maximum absolute atomic E-state index is 12.9. The Hall–Kier alpha value is -3.25. The van der Waals surface area contributed by atoms with E-state index in [1.54, 1.807) is 21.3 Å². The molecule has 0 bridgehead atoms. The number of benzene rings is 3. The van der Waals surface area contributed by atoms with Crippen LogP contribution in [0.5, 0.6) is 17.2 Å². The molecule has 1 heterocycles. The smallest absolute Gasteiger partial charge is 0.227 e. The van der Waals surface area contributed by atoms with E-state index in [4.69, 9.17) is 14.2 Å². The fourth-order valence-electron chi connectivity index (χ4n) is 4.71. The predicted molar refractivity (Wildman–Crippen MR) is 136 cm³/mol. The third-order valence-corrected chi connectivity index (χ3v) is 6.90. The number of rotatable bonds is 8.